The van der Waals surface area contributed by atoms with E-state index in [-0.39, 0.29) is 11.8 Å². The maximum atomic E-state index is 12.6. The van der Waals surface area contributed by atoms with Crippen molar-refractivity contribution in [1.82, 2.24) is 19.8 Å². The number of rotatable bonds is 4. The van der Waals surface area contributed by atoms with Crippen LogP contribution in [-0.2, 0) is 16.1 Å². The highest BCUT2D eigenvalue weighted by atomic mass is 16.2. The first-order valence-corrected chi connectivity index (χ1v) is 7.04. The Morgan fingerprint density at radius 3 is 2.75 bits per heavy atom. The summed E-state index contributed by atoms with van der Waals surface area (Å²) in [6.45, 7) is 7.43. The molecule has 1 fully saturated rings. The molecule has 110 valence electrons. The van der Waals surface area contributed by atoms with E-state index < -0.39 is 5.54 Å². The van der Waals surface area contributed by atoms with Crippen LogP contribution >= 0.6 is 0 Å². The molecule has 0 bridgehead atoms. The predicted molar refractivity (Wildman–Crippen MR) is 75.0 cm³/mol. The molecule has 2 rings (SSSR count). The Morgan fingerprint density at radius 1 is 1.40 bits per heavy atom. The van der Waals surface area contributed by atoms with Crippen molar-refractivity contribution in [2.75, 3.05) is 13.1 Å². The fraction of sp³-hybridized carbons (Fsp3) is 0.643. The molecule has 2 heterocycles. The highest BCUT2D eigenvalue weighted by Gasteiger charge is 2.38. The average molecular weight is 278 g/mol. The van der Waals surface area contributed by atoms with Gasteiger partial charge in [-0.15, -0.1) is 0 Å². The monoisotopic (exact) mass is 278 g/mol. The molecule has 1 aromatic heterocycles. The smallest absolute Gasteiger partial charge is 0.248 e. The van der Waals surface area contributed by atoms with Crippen molar-refractivity contribution in [2.24, 2.45) is 0 Å². The third-order valence-electron chi connectivity index (χ3n) is 4.02. The SMILES string of the molecule is CCC1(C)NC(=O)CCN(CCn2ccnc2C)C1=O. The topological polar surface area (TPSA) is 67.2 Å². The van der Waals surface area contributed by atoms with Crippen LogP contribution in [0.2, 0.25) is 0 Å². The minimum atomic E-state index is -0.780. The molecule has 0 aromatic carbocycles. The Labute approximate surface area is 119 Å². The van der Waals surface area contributed by atoms with Crippen molar-refractivity contribution < 1.29 is 9.59 Å². The van der Waals surface area contributed by atoms with Crippen molar-refractivity contribution in [3.63, 3.8) is 0 Å². The summed E-state index contributed by atoms with van der Waals surface area (Å²) in [4.78, 5) is 30.3. The number of imidazole rings is 1. The summed E-state index contributed by atoms with van der Waals surface area (Å²) in [5.74, 6) is 0.882. The Hall–Kier alpha value is -1.85. The third-order valence-corrected chi connectivity index (χ3v) is 4.02. The number of amides is 2. The van der Waals surface area contributed by atoms with Gasteiger partial charge in [0.1, 0.15) is 11.4 Å². The van der Waals surface area contributed by atoms with Crippen LogP contribution in [0, 0.1) is 6.92 Å². The minimum absolute atomic E-state index is 0.00335. The molecule has 1 N–H and O–H groups in total. The van der Waals surface area contributed by atoms with Gasteiger partial charge in [0.2, 0.25) is 11.8 Å². The van der Waals surface area contributed by atoms with Gasteiger partial charge in [0.25, 0.3) is 0 Å². The molecule has 6 nitrogen and oxygen atoms in total. The summed E-state index contributed by atoms with van der Waals surface area (Å²) in [7, 11) is 0. The maximum absolute atomic E-state index is 12.6. The molecule has 1 aromatic rings. The van der Waals surface area contributed by atoms with E-state index in [1.165, 1.54) is 0 Å². The lowest BCUT2D eigenvalue weighted by atomic mass is 9.97. The van der Waals surface area contributed by atoms with E-state index in [0.29, 0.717) is 32.5 Å². The molecule has 0 spiro atoms. The lowest BCUT2D eigenvalue weighted by molar-refractivity contribution is -0.138. The highest BCUT2D eigenvalue weighted by molar-refractivity contribution is 5.93. The Bertz CT molecular complexity index is 511. The number of nitrogens with one attached hydrogen (secondary N) is 1. The van der Waals surface area contributed by atoms with Crippen LogP contribution < -0.4 is 5.32 Å². The molecule has 6 heteroatoms. The Morgan fingerprint density at radius 2 is 2.15 bits per heavy atom. The van der Waals surface area contributed by atoms with Crippen molar-refractivity contribution in [2.45, 2.75) is 45.7 Å². The number of aromatic nitrogens is 2. The third kappa shape index (κ3) is 2.84. The van der Waals surface area contributed by atoms with E-state index in [1.807, 2.05) is 24.6 Å². The first-order valence-electron chi connectivity index (χ1n) is 7.04. The first-order chi connectivity index (χ1) is 9.46. The largest absolute Gasteiger partial charge is 0.342 e. The summed E-state index contributed by atoms with van der Waals surface area (Å²) in [6.07, 6.45) is 4.61. The Balaban J connectivity index is 2.08. The van der Waals surface area contributed by atoms with Gasteiger partial charge in [-0.05, 0) is 20.3 Å². The van der Waals surface area contributed by atoms with Gasteiger partial charge in [-0.1, -0.05) is 6.92 Å². The number of nitrogens with zero attached hydrogens (tertiary/aromatic N) is 3. The molecule has 1 saturated heterocycles. The van der Waals surface area contributed by atoms with Gasteiger partial charge in [-0.25, -0.2) is 4.98 Å². The molecule has 1 atom stereocenters. The van der Waals surface area contributed by atoms with E-state index in [9.17, 15) is 9.59 Å². The molecule has 1 aliphatic heterocycles. The molecule has 1 aliphatic rings. The summed E-state index contributed by atoms with van der Waals surface area (Å²) in [5.41, 5.74) is -0.780. The van der Waals surface area contributed by atoms with E-state index in [1.54, 1.807) is 18.0 Å². The second kappa shape index (κ2) is 5.64. The van der Waals surface area contributed by atoms with Crippen LogP contribution in [0.15, 0.2) is 12.4 Å². The summed E-state index contributed by atoms with van der Waals surface area (Å²) in [6, 6.07) is 0. The van der Waals surface area contributed by atoms with Crippen LogP contribution in [0.5, 0.6) is 0 Å². The molecule has 2 amide bonds. The van der Waals surface area contributed by atoms with Gasteiger partial charge < -0.3 is 14.8 Å². The van der Waals surface area contributed by atoms with E-state index in [4.69, 9.17) is 0 Å². The van der Waals surface area contributed by atoms with Gasteiger partial charge in [0, 0.05) is 38.4 Å². The number of carbonyl (C=O) groups excluding carboxylic acids is 2. The zero-order chi connectivity index (χ0) is 14.8. The van der Waals surface area contributed by atoms with Crippen LogP contribution in [0.3, 0.4) is 0 Å². The van der Waals surface area contributed by atoms with Gasteiger partial charge in [0.15, 0.2) is 0 Å². The number of aryl methyl sites for hydroxylation is 1. The number of carbonyl (C=O) groups is 2. The standard InChI is InChI=1S/C14H22N4O2/c1-4-14(3)13(20)18(7-5-12(19)16-14)10-9-17-8-6-15-11(17)2/h6,8H,4-5,7,9-10H2,1-3H3,(H,16,19). The molecule has 20 heavy (non-hydrogen) atoms. The van der Waals surface area contributed by atoms with Crippen molar-refractivity contribution >= 4 is 11.8 Å². The van der Waals surface area contributed by atoms with E-state index >= 15 is 0 Å². The van der Waals surface area contributed by atoms with Gasteiger partial charge >= 0.3 is 0 Å². The molecule has 0 aliphatic carbocycles. The summed E-state index contributed by atoms with van der Waals surface area (Å²) < 4.78 is 2.01. The number of hydrogen-bond donors (Lipinski definition) is 1. The fourth-order valence-corrected chi connectivity index (χ4v) is 2.43. The molecular formula is C14H22N4O2. The van der Waals surface area contributed by atoms with Crippen molar-refractivity contribution in [3.05, 3.63) is 18.2 Å². The molecular weight excluding hydrogens is 256 g/mol. The van der Waals surface area contributed by atoms with Crippen LogP contribution in [-0.4, -0.2) is 44.9 Å². The first kappa shape index (κ1) is 14.6. The lowest BCUT2D eigenvalue weighted by Crippen LogP contribution is -2.55. The minimum Gasteiger partial charge on any atom is -0.342 e. The van der Waals surface area contributed by atoms with E-state index in [2.05, 4.69) is 10.3 Å². The average Bonchev–Trinajstić information content (AvgIpc) is 2.79. The Kier molecular flexibility index (Phi) is 4.11. The lowest BCUT2D eigenvalue weighted by Gasteiger charge is -2.31. The zero-order valence-electron chi connectivity index (χ0n) is 12.3. The highest BCUT2D eigenvalue weighted by Crippen LogP contribution is 2.17. The zero-order valence-corrected chi connectivity index (χ0v) is 12.3. The summed E-state index contributed by atoms with van der Waals surface area (Å²) in [5, 5.41) is 2.84. The molecule has 0 saturated carbocycles. The van der Waals surface area contributed by atoms with Gasteiger partial charge in [-0.2, -0.15) is 0 Å². The predicted octanol–water partition coefficient (Wildman–Crippen LogP) is 0.709. The molecule has 0 radical (unpaired) electrons. The van der Waals surface area contributed by atoms with Crippen molar-refractivity contribution in [1.29, 1.82) is 0 Å². The van der Waals surface area contributed by atoms with Crippen LogP contribution in [0.4, 0.5) is 0 Å². The quantitative estimate of drug-likeness (QED) is 0.882. The fourth-order valence-electron chi connectivity index (χ4n) is 2.43. The van der Waals surface area contributed by atoms with Crippen LogP contribution in [0.1, 0.15) is 32.5 Å². The normalized spacial score (nSPS) is 23.6. The second-order valence-corrected chi connectivity index (χ2v) is 5.44. The summed E-state index contributed by atoms with van der Waals surface area (Å²) >= 11 is 0. The van der Waals surface area contributed by atoms with Crippen LogP contribution in [0.25, 0.3) is 0 Å². The number of hydrogen-bond acceptors (Lipinski definition) is 3. The van der Waals surface area contributed by atoms with Gasteiger partial charge in [0.05, 0.1) is 0 Å². The van der Waals surface area contributed by atoms with Crippen molar-refractivity contribution in [3.8, 4) is 0 Å². The maximum Gasteiger partial charge on any atom is 0.248 e. The molecule has 1 unspecified atom stereocenters. The van der Waals surface area contributed by atoms with Gasteiger partial charge in [-0.3, -0.25) is 9.59 Å². The van der Waals surface area contributed by atoms with E-state index in [0.717, 1.165) is 5.82 Å². The second-order valence-electron chi connectivity index (χ2n) is 5.44.